The number of aliphatic carboxylic acids is 1. The Morgan fingerprint density at radius 2 is 1.84 bits per heavy atom. The van der Waals surface area contributed by atoms with Crippen molar-refractivity contribution >= 4 is 23.5 Å². The van der Waals surface area contributed by atoms with Crippen molar-refractivity contribution in [3.8, 4) is 0 Å². The van der Waals surface area contributed by atoms with E-state index >= 15 is 0 Å². The first-order valence-electron chi connectivity index (χ1n) is 9.12. The van der Waals surface area contributed by atoms with E-state index in [1.54, 1.807) is 0 Å². The summed E-state index contributed by atoms with van der Waals surface area (Å²) in [6.45, 7) is 4.02. The van der Waals surface area contributed by atoms with E-state index in [1.807, 2.05) is 23.1 Å². The Labute approximate surface area is 153 Å². The average Bonchev–Trinajstić information content (AvgIpc) is 2.62. The second-order valence-electron chi connectivity index (χ2n) is 7.20. The van der Waals surface area contributed by atoms with Gasteiger partial charge in [-0.3, -0.25) is 4.79 Å². The highest BCUT2D eigenvalue weighted by Gasteiger charge is 2.36. The third-order valence-corrected chi connectivity index (χ3v) is 5.75. The third kappa shape index (κ3) is 4.53. The van der Waals surface area contributed by atoms with Crippen molar-refractivity contribution in [2.75, 3.05) is 26.2 Å². The molecule has 25 heavy (non-hydrogen) atoms. The van der Waals surface area contributed by atoms with E-state index in [4.69, 9.17) is 11.6 Å². The molecular weight excluding hydrogens is 340 g/mol. The standard InChI is InChI=1S/C19H25ClN2O3/c20-15-5-3-4-14(12-15)13-21-8-10-22(11-9-21)18(23)16-6-1-2-7-17(16)19(24)25/h3-5,12,16-17H,1-2,6-11,13H2,(H,24,25)/t16-,17-/m1/s1. The van der Waals surface area contributed by atoms with Crippen molar-refractivity contribution in [2.24, 2.45) is 11.8 Å². The van der Waals surface area contributed by atoms with E-state index in [9.17, 15) is 14.7 Å². The molecule has 5 nitrogen and oxygen atoms in total. The molecule has 3 rings (SSSR count). The number of nitrogens with one attached hydrogen (secondary N) is 1. The number of carboxylic acid groups (broad SMARTS) is 1. The predicted molar refractivity (Wildman–Crippen MR) is 92.9 cm³/mol. The Morgan fingerprint density at radius 3 is 2.48 bits per heavy atom. The Balaban J connectivity index is 1.54. The van der Waals surface area contributed by atoms with Gasteiger partial charge in [0.25, 0.3) is 0 Å². The number of rotatable bonds is 4. The number of hydrogen-bond acceptors (Lipinski definition) is 3. The van der Waals surface area contributed by atoms with Gasteiger partial charge in [0.2, 0.25) is 5.91 Å². The predicted octanol–water partition coefficient (Wildman–Crippen LogP) is 0.123. The van der Waals surface area contributed by atoms with Gasteiger partial charge >= 0.3 is 0 Å². The Kier molecular flexibility index (Phi) is 5.97. The lowest BCUT2D eigenvalue weighted by atomic mass is 9.78. The van der Waals surface area contributed by atoms with Gasteiger partial charge in [-0.25, -0.2) is 0 Å². The van der Waals surface area contributed by atoms with Crippen LogP contribution in [0.15, 0.2) is 24.3 Å². The molecule has 1 N–H and O–H groups in total. The summed E-state index contributed by atoms with van der Waals surface area (Å²) in [4.78, 5) is 27.4. The second kappa shape index (κ2) is 8.19. The minimum atomic E-state index is -1.07. The summed E-state index contributed by atoms with van der Waals surface area (Å²) in [6, 6.07) is 7.89. The maximum Gasteiger partial charge on any atom is 0.226 e. The molecule has 1 saturated heterocycles. The lowest BCUT2D eigenvalue weighted by Gasteiger charge is -2.38. The molecule has 1 aromatic rings. The van der Waals surface area contributed by atoms with Crippen LogP contribution in [0.25, 0.3) is 0 Å². The number of benzene rings is 1. The fourth-order valence-electron chi connectivity index (χ4n) is 4.10. The van der Waals surface area contributed by atoms with Crippen LogP contribution in [0.5, 0.6) is 0 Å². The van der Waals surface area contributed by atoms with Gasteiger partial charge in [0, 0.05) is 28.4 Å². The highest BCUT2D eigenvalue weighted by Crippen LogP contribution is 2.31. The maximum absolute atomic E-state index is 12.8. The highest BCUT2D eigenvalue weighted by atomic mass is 35.5. The van der Waals surface area contributed by atoms with Gasteiger partial charge in [0.15, 0.2) is 0 Å². The molecule has 1 aliphatic heterocycles. The van der Waals surface area contributed by atoms with Gasteiger partial charge in [-0.2, -0.15) is 0 Å². The molecule has 2 aliphatic rings. The number of piperazine rings is 1. The molecule has 0 radical (unpaired) electrons. The van der Waals surface area contributed by atoms with Gasteiger partial charge < -0.3 is 19.7 Å². The summed E-state index contributed by atoms with van der Waals surface area (Å²) in [5, 5.41) is 12.1. The van der Waals surface area contributed by atoms with Crippen LogP contribution < -0.4 is 10.0 Å². The van der Waals surface area contributed by atoms with E-state index in [0.717, 1.165) is 37.5 Å². The fraction of sp³-hybridized carbons (Fsp3) is 0.579. The average molecular weight is 365 g/mol. The van der Waals surface area contributed by atoms with E-state index in [-0.39, 0.29) is 5.91 Å². The summed E-state index contributed by atoms with van der Waals surface area (Å²) < 4.78 is 0. The first-order valence-corrected chi connectivity index (χ1v) is 9.50. The molecule has 6 heteroatoms. The van der Waals surface area contributed by atoms with Crippen molar-refractivity contribution in [1.82, 2.24) is 4.90 Å². The topological polar surface area (TPSA) is 64.9 Å². The van der Waals surface area contributed by atoms with Crippen LogP contribution in [0.3, 0.4) is 0 Å². The summed E-state index contributed by atoms with van der Waals surface area (Å²) >= 11 is 6.04. The van der Waals surface area contributed by atoms with Crippen molar-refractivity contribution in [1.29, 1.82) is 0 Å². The lowest BCUT2D eigenvalue weighted by Crippen LogP contribution is -3.13. The molecule has 1 aliphatic carbocycles. The molecule has 136 valence electrons. The zero-order chi connectivity index (χ0) is 17.8. The summed E-state index contributed by atoms with van der Waals surface area (Å²) in [7, 11) is 0. The molecule has 0 spiro atoms. The summed E-state index contributed by atoms with van der Waals surface area (Å²) in [5.41, 5.74) is 1.20. The Hall–Kier alpha value is -1.59. The van der Waals surface area contributed by atoms with Gasteiger partial charge in [-0.05, 0) is 25.0 Å². The molecule has 0 unspecified atom stereocenters. The van der Waals surface area contributed by atoms with E-state index in [1.165, 1.54) is 10.5 Å². The summed E-state index contributed by atoms with van der Waals surface area (Å²) in [6.07, 6.45) is 3.05. The highest BCUT2D eigenvalue weighted by molar-refractivity contribution is 6.30. The number of quaternary nitrogens is 1. The normalized spacial score (nSPS) is 24.9. The zero-order valence-electron chi connectivity index (χ0n) is 14.4. The largest absolute Gasteiger partial charge is 0.550 e. The number of amides is 1. The van der Waals surface area contributed by atoms with E-state index in [2.05, 4.69) is 6.07 Å². The van der Waals surface area contributed by atoms with E-state index < -0.39 is 17.8 Å². The molecular formula is C19H25ClN2O3. The number of halogens is 1. The lowest BCUT2D eigenvalue weighted by molar-refractivity contribution is -0.917. The van der Waals surface area contributed by atoms with Crippen LogP contribution >= 0.6 is 11.6 Å². The molecule has 1 aromatic carbocycles. The summed E-state index contributed by atoms with van der Waals surface area (Å²) in [5.74, 6) is -2.06. The first-order chi connectivity index (χ1) is 12.0. The minimum absolute atomic E-state index is 0.00991. The van der Waals surface area contributed by atoms with E-state index in [0.29, 0.717) is 25.9 Å². The number of nitrogens with zero attached hydrogens (tertiary/aromatic N) is 1. The molecule has 0 bridgehead atoms. The molecule has 0 aromatic heterocycles. The smallest absolute Gasteiger partial charge is 0.226 e. The number of hydrogen-bond donors (Lipinski definition) is 1. The van der Waals surface area contributed by atoms with Gasteiger partial charge in [0.1, 0.15) is 6.54 Å². The van der Waals surface area contributed by atoms with Gasteiger partial charge in [-0.15, -0.1) is 0 Å². The van der Waals surface area contributed by atoms with Crippen LogP contribution in [0.2, 0.25) is 5.02 Å². The number of carboxylic acids is 1. The Bertz CT molecular complexity index is 629. The molecule has 2 fully saturated rings. The van der Waals surface area contributed by atoms with Crippen LogP contribution in [0.4, 0.5) is 0 Å². The molecule has 1 saturated carbocycles. The van der Waals surface area contributed by atoms with Gasteiger partial charge in [-0.1, -0.05) is 36.6 Å². The van der Waals surface area contributed by atoms with Crippen LogP contribution in [0, 0.1) is 11.8 Å². The first kappa shape index (κ1) is 18.2. The van der Waals surface area contributed by atoms with Crippen molar-refractivity contribution in [3.63, 3.8) is 0 Å². The van der Waals surface area contributed by atoms with Crippen LogP contribution in [-0.4, -0.2) is 43.0 Å². The third-order valence-electron chi connectivity index (χ3n) is 5.51. The zero-order valence-corrected chi connectivity index (χ0v) is 15.1. The van der Waals surface area contributed by atoms with Gasteiger partial charge in [0.05, 0.1) is 26.2 Å². The van der Waals surface area contributed by atoms with Crippen molar-refractivity contribution < 1.29 is 19.6 Å². The minimum Gasteiger partial charge on any atom is -0.550 e. The number of carbonyl (C=O) groups excluding carboxylic acids is 2. The number of carbonyl (C=O) groups is 2. The fourth-order valence-corrected chi connectivity index (χ4v) is 4.31. The maximum atomic E-state index is 12.8. The van der Waals surface area contributed by atoms with Crippen molar-refractivity contribution in [3.05, 3.63) is 34.9 Å². The van der Waals surface area contributed by atoms with Crippen LogP contribution in [0.1, 0.15) is 31.2 Å². The quantitative estimate of drug-likeness (QED) is 0.825. The second-order valence-corrected chi connectivity index (χ2v) is 7.63. The SMILES string of the molecule is O=C([O-])[C@@H]1CCCC[C@H]1C(=O)N1CC[NH+](Cc2cccc(Cl)c2)CC1. The molecule has 2 atom stereocenters. The molecule has 1 amide bonds. The van der Waals surface area contributed by atoms with Crippen molar-refractivity contribution in [2.45, 2.75) is 32.2 Å². The Morgan fingerprint density at radius 1 is 1.16 bits per heavy atom. The monoisotopic (exact) mass is 364 g/mol. The van der Waals surface area contributed by atoms with Crippen LogP contribution in [-0.2, 0) is 16.1 Å². The molecule has 1 heterocycles.